The Kier molecular flexibility index (Phi) is 5.07. The predicted molar refractivity (Wildman–Crippen MR) is 94.4 cm³/mol. The topological polar surface area (TPSA) is 38.4 Å². The van der Waals surface area contributed by atoms with Crippen molar-refractivity contribution in [3.05, 3.63) is 64.2 Å². The van der Waals surface area contributed by atoms with Crippen molar-refractivity contribution in [1.29, 1.82) is 0 Å². The van der Waals surface area contributed by atoms with Gasteiger partial charge in [-0.05, 0) is 49.9 Å². The zero-order valence-corrected chi connectivity index (χ0v) is 13.9. The largest absolute Gasteiger partial charge is 0.378 e. The summed E-state index contributed by atoms with van der Waals surface area (Å²) in [5.41, 5.74) is 13.3. The number of nitrogens with zero attached hydrogens (tertiary/aromatic N) is 1. The van der Waals surface area contributed by atoms with Crippen LogP contribution in [0.15, 0.2) is 41.4 Å². The summed E-state index contributed by atoms with van der Waals surface area (Å²) in [6.07, 6.45) is 0. The number of benzene rings is 2. The van der Waals surface area contributed by atoms with Crippen molar-refractivity contribution in [1.82, 2.24) is 0 Å². The van der Waals surface area contributed by atoms with E-state index in [4.69, 9.17) is 5.73 Å². The Morgan fingerprint density at radius 3 is 2.33 bits per heavy atom. The Balaban J connectivity index is 2.13. The summed E-state index contributed by atoms with van der Waals surface area (Å²) in [5, 5.41) is 0.619. The number of para-hydroxylation sites is 1. The highest BCUT2D eigenvalue weighted by Crippen LogP contribution is 2.25. The minimum Gasteiger partial charge on any atom is -0.378 e. The fraction of sp³-hybridized carbons (Fsp3) is 0.278. The lowest BCUT2D eigenvalue weighted by Gasteiger charge is -2.08. The molecule has 0 spiro atoms. The molecule has 2 aromatic rings. The SMILES string of the molecule is Cc1ccc(C)c(CSC(N)=Nc2c(C)cccc2C)c1. The highest BCUT2D eigenvalue weighted by molar-refractivity contribution is 8.13. The maximum absolute atomic E-state index is 6.09. The molecule has 0 amide bonds. The van der Waals surface area contributed by atoms with E-state index in [1.54, 1.807) is 11.8 Å². The number of aliphatic imine (C=N–C) groups is 1. The van der Waals surface area contributed by atoms with Crippen molar-refractivity contribution in [2.75, 3.05) is 0 Å². The van der Waals surface area contributed by atoms with E-state index in [0.717, 1.165) is 22.6 Å². The average Bonchev–Trinajstić information content (AvgIpc) is 2.44. The first-order chi connectivity index (χ1) is 9.97. The van der Waals surface area contributed by atoms with Gasteiger partial charge in [-0.2, -0.15) is 0 Å². The second kappa shape index (κ2) is 6.81. The number of amidine groups is 1. The molecule has 110 valence electrons. The van der Waals surface area contributed by atoms with E-state index in [1.165, 1.54) is 16.7 Å². The molecule has 2 N–H and O–H groups in total. The van der Waals surface area contributed by atoms with E-state index < -0.39 is 0 Å². The van der Waals surface area contributed by atoms with Gasteiger partial charge in [0, 0.05) is 5.75 Å². The first-order valence-electron chi connectivity index (χ1n) is 7.06. The Bertz CT molecular complexity index is 655. The molecule has 3 heteroatoms. The van der Waals surface area contributed by atoms with Crippen LogP contribution in [0.5, 0.6) is 0 Å². The first kappa shape index (κ1) is 15.6. The van der Waals surface area contributed by atoms with Gasteiger partial charge in [-0.3, -0.25) is 0 Å². The summed E-state index contributed by atoms with van der Waals surface area (Å²) < 4.78 is 0. The third-order valence-corrected chi connectivity index (χ3v) is 4.38. The van der Waals surface area contributed by atoms with Crippen LogP contribution in [0.1, 0.15) is 27.8 Å². The molecule has 0 radical (unpaired) electrons. The number of hydrogen-bond acceptors (Lipinski definition) is 2. The van der Waals surface area contributed by atoms with Gasteiger partial charge in [0.1, 0.15) is 0 Å². The zero-order chi connectivity index (χ0) is 15.4. The van der Waals surface area contributed by atoms with Crippen LogP contribution >= 0.6 is 11.8 Å². The van der Waals surface area contributed by atoms with Gasteiger partial charge in [-0.15, -0.1) is 0 Å². The molecule has 2 aromatic carbocycles. The van der Waals surface area contributed by atoms with Crippen LogP contribution in [-0.2, 0) is 5.75 Å². The second-order valence-electron chi connectivity index (χ2n) is 5.41. The molecule has 0 saturated heterocycles. The summed E-state index contributed by atoms with van der Waals surface area (Å²) in [6, 6.07) is 12.7. The standard InChI is InChI=1S/C18H22N2S/c1-12-8-9-13(2)16(10-12)11-21-18(19)20-17-14(3)6-5-7-15(17)4/h5-10H,11H2,1-4H3,(H2,19,20). The third kappa shape index (κ3) is 4.11. The lowest BCUT2D eigenvalue weighted by atomic mass is 10.1. The Labute approximate surface area is 131 Å². The normalized spacial score (nSPS) is 11.7. The molecular weight excluding hydrogens is 276 g/mol. The molecule has 0 bridgehead atoms. The van der Waals surface area contributed by atoms with E-state index in [9.17, 15) is 0 Å². The van der Waals surface area contributed by atoms with Gasteiger partial charge in [0.2, 0.25) is 0 Å². The van der Waals surface area contributed by atoms with E-state index in [-0.39, 0.29) is 0 Å². The number of nitrogens with two attached hydrogens (primary N) is 1. The molecule has 0 heterocycles. The molecule has 0 saturated carbocycles. The van der Waals surface area contributed by atoms with Crippen LogP contribution in [0.3, 0.4) is 0 Å². The molecule has 0 aliphatic carbocycles. The molecule has 0 aliphatic rings. The van der Waals surface area contributed by atoms with Crippen molar-refractivity contribution < 1.29 is 0 Å². The van der Waals surface area contributed by atoms with Crippen LogP contribution in [0, 0.1) is 27.7 Å². The smallest absolute Gasteiger partial charge is 0.159 e. The summed E-state index contributed by atoms with van der Waals surface area (Å²) in [4.78, 5) is 4.58. The van der Waals surface area contributed by atoms with Crippen molar-refractivity contribution in [3.8, 4) is 0 Å². The number of thioether (sulfide) groups is 1. The van der Waals surface area contributed by atoms with Crippen LogP contribution in [-0.4, -0.2) is 5.17 Å². The first-order valence-corrected chi connectivity index (χ1v) is 8.05. The van der Waals surface area contributed by atoms with Gasteiger partial charge in [-0.25, -0.2) is 4.99 Å². The number of aryl methyl sites for hydroxylation is 4. The predicted octanol–water partition coefficient (Wildman–Crippen LogP) is 4.80. The molecule has 2 nitrogen and oxygen atoms in total. The van der Waals surface area contributed by atoms with Gasteiger partial charge in [0.15, 0.2) is 5.17 Å². The lowest BCUT2D eigenvalue weighted by Crippen LogP contribution is -2.07. The van der Waals surface area contributed by atoms with Gasteiger partial charge in [0.05, 0.1) is 5.69 Å². The van der Waals surface area contributed by atoms with Gasteiger partial charge in [0.25, 0.3) is 0 Å². The average molecular weight is 298 g/mol. The van der Waals surface area contributed by atoms with Crippen LogP contribution in [0.4, 0.5) is 5.69 Å². The number of rotatable bonds is 3. The monoisotopic (exact) mass is 298 g/mol. The van der Waals surface area contributed by atoms with Crippen molar-refractivity contribution in [2.24, 2.45) is 10.7 Å². The molecular formula is C18H22N2S. The molecule has 0 atom stereocenters. The van der Waals surface area contributed by atoms with E-state index in [0.29, 0.717) is 5.17 Å². The minimum atomic E-state index is 0.619. The molecule has 0 aromatic heterocycles. The minimum absolute atomic E-state index is 0.619. The van der Waals surface area contributed by atoms with Gasteiger partial charge >= 0.3 is 0 Å². The Hall–Kier alpha value is -1.74. The van der Waals surface area contributed by atoms with Crippen LogP contribution < -0.4 is 5.73 Å². The van der Waals surface area contributed by atoms with Crippen molar-refractivity contribution in [2.45, 2.75) is 33.4 Å². The van der Waals surface area contributed by atoms with E-state index >= 15 is 0 Å². The van der Waals surface area contributed by atoms with E-state index in [1.807, 2.05) is 6.07 Å². The highest BCUT2D eigenvalue weighted by atomic mass is 32.2. The molecule has 2 rings (SSSR count). The maximum Gasteiger partial charge on any atom is 0.159 e. The summed E-state index contributed by atoms with van der Waals surface area (Å²) in [5.74, 6) is 0.855. The van der Waals surface area contributed by atoms with Crippen molar-refractivity contribution in [3.63, 3.8) is 0 Å². The molecule has 0 unspecified atom stereocenters. The van der Waals surface area contributed by atoms with Crippen LogP contribution in [0.25, 0.3) is 0 Å². The highest BCUT2D eigenvalue weighted by Gasteiger charge is 2.04. The quantitative estimate of drug-likeness (QED) is 0.653. The van der Waals surface area contributed by atoms with Crippen LogP contribution in [0.2, 0.25) is 0 Å². The molecule has 0 aliphatic heterocycles. The number of hydrogen-bond donors (Lipinski definition) is 1. The molecule has 0 fully saturated rings. The summed E-state index contributed by atoms with van der Waals surface area (Å²) >= 11 is 1.59. The third-order valence-electron chi connectivity index (χ3n) is 3.54. The fourth-order valence-corrected chi connectivity index (χ4v) is 3.00. The molecule has 21 heavy (non-hydrogen) atoms. The summed E-state index contributed by atoms with van der Waals surface area (Å²) in [7, 11) is 0. The van der Waals surface area contributed by atoms with Gasteiger partial charge < -0.3 is 5.73 Å². The Morgan fingerprint density at radius 2 is 1.67 bits per heavy atom. The second-order valence-corrected chi connectivity index (χ2v) is 6.40. The maximum atomic E-state index is 6.09. The van der Waals surface area contributed by atoms with Gasteiger partial charge in [-0.1, -0.05) is 53.7 Å². The lowest BCUT2D eigenvalue weighted by molar-refractivity contribution is 1.28. The zero-order valence-electron chi connectivity index (χ0n) is 13.1. The fourth-order valence-electron chi connectivity index (χ4n) is 2.23. The van der Waals surface area contributed by atoms with E-state index in [2.05, 4.69) is 63.0 Å². The van der Waals surface area contributed by atoms with Crippen molar-refractivity contribution >= 4 is 22.6 Å². The summed E-state index contributed by atoms with van der Waals surface area (Å²) in [6.45, 7) is 8.37. The Morgan fingerprint density at radius 1 is 1.00 bits per heavy atom.